The predicted octanol–water partition coefficient (Wildman–Crippen LogP) is 2.91. The molecule has 1 fully saturated rings. The van der Waals surface area contributed by atoms with E-state index in [2.05, 4.69) is 0 Å². The van der Waals surface area contributed by atoms with Gasteiger partial charge in [0.1, 0.15) is 0 Å². The van der Waals surface area contributed by atoms with Crippen LogP contribution >= 0.6 is 0 Å². The van der Waals surface area contributed by atoms with Gasteiger partial charge in [0.25, 0.3) is 0 Å². The molecule has 2 rings (SSSR count). The topological polar surface area (TPSA) is 48.0 Å². The number of likely N-dealkylation sites (tertiary alicyclic amines) is 1. The van der Waals surface area contributed by atoms with Crippen LogP contribution in [0.5, 0.6) is 11.5 Å². The van der Waals surface area contributed by atoms with E-state index in [1.165, 1.54) is 0 Å². The Balaban J connectivity index is 1.91. The summed E-state index contributed by atoms with van der Waals surface area (Å²) in [6.45, 7) is 5.17. The van der Waals surface area contributed by atoms with Gasteiger partial charge < -0.3 is 19.1 Å². The van der Waals surface area contributed by atoms with Gasteiger partial charge in [-0.2, -0.15) is 0 Å². The minimum Gasteiger partial charge on any atom is -0.493 e. The molecular formula is C19H29NO4. The lowest BCUT2D eigenvalue weighted by molar-refractivity contribution is -0.133. The van der Waals surface area contributed by atoms with Gasteiger partial charge in [-0.15, -0.1) is 0 Å². The fourth-order valence-electron chi connectivity index (χ4n) is 3.26. The summed E-state index contributed by atoms with van der Waals surface area (Å²) in [7, 11) is 3.26. The van der Waals surface area contributed by atoms with E-state index in [0.717, 1.165) is 50.5 Å². The fraction of sp³-hybridized carbons (Fsp3) is 0.632. The molecule has 1 atom stereocenters. The minimum atomic E-state index is 0.209. The van der Waals surface area contributed by atoms with Crippen LogP contribution < -0.4 is 9.47 Å². The highest BCUT2D eigenvalue weighted by Crippen LogP contribution is 2.31. The SMILES string of the molecule is CCOCC1CCCN(C(=O)CCc2cccc(OC)c2OC)C1. The first-order valence-corrected chi connectivity index (χ1v) is 8.75. The Morgan fingerprint density at radius 3 is 2.83 bits per heavy atom. The van der Waals surface area contributed by atoms with Crippen molar-refractivity contribution >= 4 is 5.91 Å². The number of carbonyl (C=O) groups is 1. The zero-order chi connectivity index (χ0) is 17.4. The Hall–Kier alpha value is -1.75. The average Bonchev–Trinajstić information content (AvgIpc) is 2.64. The lowest BCUT2D eigenvalue weighted by Crippen LogP contribution is -2.41. The molecule has 1 heterocycles. The average molecular weight is 335 g/mol. The number of methoxy groups -OCH3 is 2. The first-order chi connectivity index (χ1) is 11.7. The van der Waals surface area contributed by atoms with Crippen LogP contribution in [-0.4, -0.2) is 51.3 Å². The molecule has 1 unspecified atom stereocenters. The highest BCUT2D eigenvalue weighted by molar-refractivity contribution is 5.76. The Kier molecular flexibility index (Phi) is 7.37. The number of benzene rings is 1. The third-order valence-corrected chi connectivity index (χ3v) is 4.52. The van der Waals surface area contributed by atoms with Gasteiger partial charge in [-0.25, -0.2) is 0 Å². The molecule has 1 aliphatic heterocycles. The summed E-state index contributed by atoms with van der Waals surface area (Å²) in [5, 5.41) is 0. The Morgan fingerprint density at radius 1 is 1.29 bits per heavy atom. The molecule has 1 aromatic carbocycles. The summed E-state index contributed by atoms with van der Waals surface area (Å²) in [5.41, 5.74) is 1.01. The summed E-state index contributed by atoms with van der Waals surface area (Å²) in [5.74, 6) is 2.10. The maximum absolute atomic E-state index is 12.6. The highest BCUT2D eigenvalue weighted by Gasteiger charge is 2.23. The van der Waals surface area contributed by atoms with E-state index < -0.39 is 0 Å². The van der Waals surface area contributed by atoms with Crippen LogP contribution in [0, 0.1) is 5.92 Å². The van der Waals surface area contributed by atoms with Crippen molar-refractivity contribution in [2.45, 2.75) is 32.6 Å². The van der Waals surface area contributed by atoms with Crippen molar-refractivity contribution in [3.05, 3.63) is 23.8 Å². The number of hydrogen-bond acceptors (Lipinski definition) is 4. The van der Waals surface area contributed by atoms with Gasteiger partial charge in [-0.1, -0.05) is 12.1 Å². The Bertz CT molecular complexity index is 532. The van der Waals surface area contributed by atoms with Crippen LogP contribution in [-0.2, 0) is 16.0 Å². The number of ether oxygens (including phenoxy) is 3. The number of hydrogen-bond donors (Lipinski definition) is 0. The summed E-state index contributed by atoms with van der Waals surface area (Å²) < 4.78 is 16.3. The van der Waals surface area contributed by atoms with Crippen LogP contribution in [0.2, 0.25) is 0 Å². The monoisotopic (exact) mass is 335 g/mol. The van der Waals surface area contributed by atoms with Crippen LogP contribution in [0.25, 0.3) is 0 Å². The fourth-order valence-corrected chi connectivity index (χ4v) is 3.26. The Labute approximate surface area is 144 Å². The van der Waals surface area contributed by atoms with Crippen molar-refractivity contribution < 1.29 is 19.0 Å². The van der Waals surface area contributed by atoms with Gasteiger partial charge in [-0.05, 0) is 43.7 Å². The molecule has 0 spiro atoms. The maximum Gasteiger partial charge on any atom is 0.222 e. The first kappa shape index (κ1) is 18.6. The lowest BCUT2D eigenvalue weighted by Gasteiger charge is -2.32. The molecule has 1 saturated heterocycles. The van der Waals surface area contributed by atoms with Crippen molar-refractivity contribution in [1.82, 2.24) is 4.90 Å². The van der Waals surface area contributed by atoms with Crippen molar-refractivity contribution in [2.24, 2.45) is 5.92 Å². The molecule has 5 heteroatoms. The number of amides is 1. The molecule has 0 N–H and O–H groups in total. The lowest BCUT2D eigenvalue weighted by atomic mass is 9.98. The van der Waals surface area contributed by atoms with Crippen molar-refractivity contribution in [3.63, 3.8) is 0 Å². The van der Waals surface area contributed by atoms with Crippen LogP contribution in [0.1, 0.15) is 31.7 Å². The first-order valence-electron chi connectivity index (χ1n) is 8.75. The molecule has 0 bridgehead atoms. The van der Waals surface area contributed by atoms with Crippen LogP contribution in [0.3, 0.4) is 0 Å². The summed E-state index contributed by atoms with van der Waals surface area (Å²) in [4.78, 5) is 14.5. The summed E-state index contributed by atoms with van der Waals surface area (Å²) >= 11 is 0. The smallest absolute Gasteiger partial charge is 0.222 e. The molecule has 5 nitrogen and oxygen atoms in total. The van der Waals surface area contributed by atoms with Gasteiger partial charge in [-0.3, -0.25) is 4.79 Å². The number of nitrogens with zero attached hydrogens (tertiary/aromatic N) is 1. The molecule has 24 heavy (non-hydrogen) atoms. The molecule has 0 aromatic heterocycles. The van der Waals surface area contributed by atoms with Gasteiger partial charge in [0, 0.05) is 26.1 Å². The number of rotatable bonds is 8. The molecular weight excluding hydrogens is 306 g/mol. The largest absolute Gasteiger partial charge is 0.493 e. The quantitative estimate of drug-likeness (QED) is 0.733. The third-order valence-electron chi connectivity index (χ3n) is 4.52. The molecule has 1 amide bonds. The van der Waals surface area contributed by atoms with E-state index >= 15 is 0 Å². The van der Waals surface area contributed by atoms with Gasteiger partial charge in [0.2, 0.25) is 5.91 Å². The molecule has 0 radical (unpaired) electrons. The van der Waals surface area contributed by atoms with Gasteiger partial charge >= 0.3 is 0 Å². The van der Waals surface area contributed by atoms with Crippen molar-refractivity contribution in [2.75, 3.05) is 40.5 Å². The van der Waals surface area contributed by atoms with E-state index in [4.69, 9.17) is 14.2 Å². The number of para-hydroxylation sites is 1. The van der Waals surface area contributed by atoms with E-state index in [-0.39, 0.29) is 5.91 Å². The predicted molar refractivity (Wildman–Crippen MR) is 93.7 cm³/mol. The minimum absolute atomic E-state index is 0.209. The molecule has 0 aliphatic carbocycles. The van der Waals surface area contributed by atoms with Crippen LogP contribution in [0.15, 0.2) is 18.2 Å². The summed E-state index contributed by atoms with van der Waals surface area (Å²) in [6.07, 6.45) is 3.36. The third kappa shape index (κ3) is 4.87. The van der Waals surface area contributed by atoms with Crippen LogP contribution in [0.4, 0.5) is 0 Å². The molecule has 1 aromatic rings. The standard InChI is InChI=1S/C19H29NO4/c1-4-24-14-15-7-6-12-20(13-15)18(21)11-10-16-8-5-9-17(22-2)19(16)23-3/h5,8-9,15H,4,6-7,10-14H2,1-3H3. The normalized spacial score (nSPS) is 17.6. The number of aryl methyl sites for hydroxylation is 1. The second-order valence-electron chi connectivity index (χ2n) is 6.16. The maximum atomic E-state index is 12.6. The zero-order valence-corrected chi connectivity index (χ0v) is 15.0. The zero-order valence-electron chi connectivity index (χ0n) is 15.0. The van der Waals surface area contributed by atoms with Gasteiger partial charge in [0.15, 0.2) is 11.5 Å². The summed E-state index contributed by atoms with van der Waals surface area (Å²) in [6, 6.07) is 5.79. The second kappa shape index (κ2) is 9.52. The molecule has 1 aliphatic rings. The van der Waals surface area contributed by atoms with Crippen molar-refractivity contribution in [3.8, 4) is 11.5 Å². The highest BCUT2D eigenvalue weighted by atomic mass is 16.5. The van der Waals surface area contributed by atoms with Crippen molar-refractivity contribution in [1.29, 1.82) is 0 Å². The Morgan fingerprint density at radius 2 is 2.12 bits per heavy atom. The second-order valence-corrected chi connectivity index (χ2v) is 6.16. The number of piperidine rings is 1. The number of carbonyl (C=O) groups excluding carboxylic acids is 1. The van der Waals surface area contributed by atoms with Gasteiger partial charge in [0.05, 0.1) is 20.8 Å². The molecule has 134 valence electrons. The van der Waals surface area contributed by atoms with E-state index in [0.29, 0.717) is 24.5 Å². The molecule has 0 saturated carbocycles. The van der Waals surface area contributed by atoms with E-state index in [1.807, 2.05) is 30.0 Å². The van der Waals surface area contributed by atoms with E-state index in [9.17, 15) is 4.79 Å². The van der Waals surface area contributed by atoms with E-state index in [1.54, 1.807) is 14.2 Å².